The summed E-state index contributed by atoms with van der Waals surface area (Å²) >= 11 is 1.26. The molecule has 2 amide bonds. The summed E-state index contributed by atoms with van der Waals surface area (Å²) in [5.74, 6) is -0.169. The minimum atomic E-state index is -0.179. The zero-order valence-electron chi connectivity index (χ0n) is 19.1. The van der Waals surface area contributed by atoms with Crippen LogP contribution in [0.15, 0.2) is 35.1 Å². The number of aryl methyl sites for hydroxylation is 4. The first-order valence-corrected chi connectivity index (χ1v) is 11.4. The lowest BCUT2D eigenvalue weighted by Gasteiger charge is -2.17. The molecule has 1 aliphatic rings. The van der Waals surface area contributed by atoms with Gasteiger partial charge in [-0.3, -0.25) is 19.2 Å². The smallest absolute Gasteiger partial charge is 0.278 e. The molecule has 170 valence electrons. The Labute approximate surface area is 192 Å². The van der Waals surface area contributed by atoms with E-state index < -0.39 is 0 Å². The number of carbonyl (C=O) groups is 2. The number of hydrogen-bond acceptors (Lipinski definition) is 6. The number of nitrogens with zero attached hydrogens (tertiary/aromatic N) is 4. The van der Waals surface area contributed by atoms with E-state index >= 15 is 0 Å². The fourth-order valence-corrected chi connectivity index (χ4v) is 4.12. The van der Waals surface area contributed by atoms with Crippen LogP contribution in [0.25, 0.3) is 6.08 Å². The molecule has 3 rings (SSSR count). The monoisotopic (exact) mass is 455 g/mol. The first kappa shape index (κ1) is 23.7. The molecule has 0 bridgehead atoms. The molecule has 0 fully saturated rings. The normalized spacial score (nSPS) is 14.9. The molecule has 0 saturated carbocycles. The van der Waals surface area contributed by atoms with Crippen LogP contribution in [0.4, 0.5) is 5.69 Å². The van der Waals surface area contributed by atoms with Crippen LogP contribution in [-0.4, -0.2) is 57.7 Å². The van der Waals surface area contributed by atoms with E-state index in [4.69, 9.17) is 4.74 Å². The maximum Gasteiger partial charge on any atom is 0.278 e. The predicted molar refractivity (Wildman–Crippen MR) is 129 cm³/mol. The van der Waals surface area contributed by atoms with Crippen molar-refractivity contribution in [3.8, 4) is 0 Å². The van der Waals surface area contributed by atoms with Crippen molar-refractivity contribution in [2.24, 2.45) is 12.0 Å². The molecule has 0 saturated heterocycles. The number of nitrogens with one attached hydrogen (secondary N) is 1. The first-order valence-electron chi connectivity index (χ1n) is 10.4. The molecule has 0 radical (unpaired) electrons. The van der Waals surface area contributed by atoms with E-state index in [2.05, 4.69) is 15.4 Å². The minimum Gasteiger partial charge on any atom is -0.385 e. The summed E-state index contributed by atoms with van der Waals surface area (Å²) in [5, 5.41) is 7.79. The lowest BCUT2D eigenvalue weighted by Crippen LogP contribution is -2.32. The summed E-state index contributed by atoms with van der Waals surface area (Å²) < 4.78 is 6.83. The van der Waals surface area contributed by atoms with Gasteiger partial charge in [-0.25, -0.2) is 4.99 Å². The molecule has 0 atom stereocenters. The number of aliphatic imine (C=N–C) groups is 1. The van der Waals surface area contributed by atoms with Gasteiger partial charge in [-0.05, 0) is 50.5 Å². The molecule has 9 heteroatoms. The fraction of sp³-hybridized carbons (Fsp3) is 0.391. The Bertz CT molecular complexity index is 1070. The lowest BCUT2D eigenvalue weighted by atomic mass is 10.1. The third-order valence-electron chi connectivity index (χ3n) is 4.98. The molecule has 2 heterocycles. The van der Waals surface area contributed by atoms with Gasteiger partial charge in [0.2, 0.25) is 5.91 Å². The van der Waals surface area contributed by atoms with Gasteiger partial charge < -0.3 is 10.1 Å². The summed E-state index contributed by atoms with van der Waals surface area (Å²) in [6, 6.07) is 5.93. The van der Waals surface area contributed by atoms with Crippen LogP contribution in [0.5, 0.6) is 0 Å². The molecular weight excluding hydrogens is 426 g/mol. The maximum atomic E-state index is 13.0. The van der Waals surface area contributed by atoms with Crippen LogP contribution in [0.1, 0.15) is 28.8 Å². The van der Waals surface area contributed by atoms with Crippen molar-refractivity contribution in [1.29, 1.82) is 0 Å². The van der Waals surface area contributed by atoms with Crippen LogP contribution >= 0.6 is 11.8 Å². The van der Waals surface area contributed by atoms with Gasteiger partial charge >= 0.3 is 0 Å². The van der Waals surface area contributed by atoms with Gasteiger partial charge in [0.25, 0.3) is 5.91 Å². The molecule has 1 aliphatic heterocycles. The Morgan fingerprint density at radius 2 is 2.06 bits per heavy atom. The van der Waals surface area contributed by atoms with Gasteiger partial charge in [0, 0.05) is 44.8 Å². The average molecular weight is 456 g/mol. The van der Waals surface area contributed by atoms with E-state index in [0.29, 0.717) is 30.4 Å². The second-order valence-corrected chi connectivity index (χ2v) is 8.67. The Balaban J connectivity index is 1.74. The van der Waals surface area contributed by atoms with E-state index in [9.17, 15) is 9.59 Å². The Morgan fingerprint density at radius 1 is 1.28 bits per heavy atom. The standard InChI is InChI=1S/C23H29N5O3S/c1-15-7-8-16(2)19(11-15)24-21(29)14-32-23-25-20(12-18-13-27(4)26-17(18)3)22(30)28(23)9-6-10-31-5/h7-8,11-13H,6,9-10,14H2,1-5H3,(H,24,29)/b20-12+. The van der Waals surface area contributed by atoms with E-state index in [1.54, 1.807) is 22.8 Å². The number of hydrogen-bond donors (Lipinski definition) is 1. The summed E-state index contributed by atoms with van der Waals surface area (Å²) in [4.78, 5) is 31.7. The van der Waals surface area contributed by atoms with Crippen molar-refractivity contribution in [2.75, 3.05) is 31.3 Å². The third-order valence-corrected chi connectivity index (χ3v) is 5.96. The van der Waals surface area contributed by atoms with E-state index in [-0.39, 0.29) is 17.6 Å². The number of anilines is 1. The van der Waals surface area contributed by atoms with Crippen LogP contribution < -0.4 is 5.32 Å². The molecule has 2 aromatic rings. The highest BCUT2D eigenvalue weighted by Gasteiger charge is 2.30. The molecule has 1 aromatic carbocycles. The molecule has 0 aliphatic carbocycles. The number of rotatable bonds is 8. The topological polar surface area (TPSA) is 88.8 Å². The number of thioether (sulfide) groups is 1. The number of methoxy groups -OCH3 is 1. The molecular formula is C23H29N5O3S. The van der Waals surface area contributed by atoms with Gasteiger partial charge in [-0.15, -0.1) is 0 Å². The third kappa shape index (κ3) is 5.86. The highest BCUT2D eigenvalue weighted by Crippen LogP contribution is 2.25. The number of benzene rings is 1. The number of aromatic nitrogens is 2. The largest absolute Gasteiger partial charge is 0.385 e. The van der Waals surface area contributed by atoms with Crippen molar-refractivity contribution in [3.63, 3.8) is 0 Å². The average Bonchev–Trinajstić information content (AvgIpc) is 3.22. The SMILES string of the molecule is COCCCN1C(=O)/C(=C\c2cn(C)nc2C)N=C1SCC(=O)Nc1cc(C)ccc1C. The quantitative estimate of drug-likeness (QED) is 0.487. The van der Waals surface area contributed by atoms with Crippen LogP contribution in [0, 0.1) is 20.8 Å². The summed E-state index contributed by atoms with van der Waals surface area (Å²) in [6.45, 7) is 6.84. The van der Waals surface area contributed by atoms with E-state index in [1.165, 1.54) is 11.8 Å². The van der Waals surface area contributed by atoms with Crippen molar-refractivity contribution in [1.82, 2.24) is 14.7 Å². The Morgan fingerprint density at radius 3 is 2.75 bits per heavy atom. The van der Waals surface area contributed by atoms with Gasteiger partial charge in [-0.2, -0.15) is 5.10 Å². The zero-order chi connectivity index (χ0) is 23.3. The first-order chi connectivity index (χ1) is 15.3. The van der Waals surface area contributed by atoms with Gasteiger partial charge in [0.15, 0.2) is 5.17 Å². The van der Waals surface area contributed by atoms with Crippen molar-refractivity contribution in [2.45, 2.75) is 27.2 Å². The molecule has 0 spiro atoms. The highest BCUT2D eigenvalue weighted by molar-refractivity contribution is 8.14. The minimum absolute atomic E-state index is 0.142. The van der Waals surface area contributed by atoms with Crippen molar-refractivity contribution in [3.05, 3.63) is 52.5 Å². The summed E-state index contributed by atoms with van der Waals surface area (Å²) in [7, 11) is 3.46. The molecule has 32 heavy (non-hydrogen) atoms. The zero-order valence-corrected chi connectivity index (χ0v) is 20.0. The summed E-state index contributed by atoms with van der Waals surface area (Å²) in [5.41, 5.74) is 4.88. The molecule has 8 nitrogen and oxygen atoms in total. The number of ether oxygens (including phenoxy) is 1. The van der Waals surface area contributed by atoms with Crippen LogP contribution in [-0.2, 0) is 21.4 Å². The molecule has 0 unspecified atom stereocenters. The van der Waals surface area contributed by atoms with E-state index in [0.717, 1.165) is 28.1 Å². The van der Waals surface area contributed by atoms with Gasteiger partial charge in [0.05, 0.1) is 11.4 Å². The second kappa shape index (κ2) is 10.6. The van der Waals surface area contributed by atoms with Crippen LogP contribution in [0.2, 0.25) is 0 Å². The molecule has 1 aromatic heterocycles. The van der Waals surface area contributed by atoms with Crippen LogP contribution in [0.3, 0.4) is 0 Å². The Hall–Kier alpha value is -2.91. The van der Waals surface area contributed by atoms with E-state index in [1.807, 2.05) is 52.2 Å². The van der Waals surface area contributed by atoms with Gasteiger partial charge in [-0.1, -0.05) is 23.9 Å². The lowest BCUT2D eigenvalue weighted by molar-refractivity contribution is -0.122. The van der Waals surface area contributed by atoms with Crippen molar-refractivity contribution < 1.29 is 14.3 Å². The number of amides is 2. The van der Waals surface area contributed by atoms with Crippen molar-refractivity contribution >= 4 is 40.5 Å². The highest BCUT2D eigenvalue weighted by atomic mass is 32.2. The maximum absolute atomic E-state index is 13.0. The van der Waals surface area contributed by atoms with Gasteiger partial charge in [0.1, 0.15) is 5.70 Å². The summed E-state index contributed by atoms with van der Waals surface area (Å²) in [6.07, 6.45) is 4.27. The number of amidine groups is 1. The number of carbonyl (C=O) groups excluding carboxylic acids is 2. The molecule has 1 N–H and O–H groups in total. The second-order valence-electron chi connectivity index (χ2n) is 7.73. The predicted octanol–water partition coefficient (Wildman–Crippen LogP) is 3.29. The fourth-order valence-electron chi connectivity index (χ4n) is 3.30. The Kier molecular flexibility index (Phi) is 7.87.